The predicted molar refractivity (Wildman–Crippen MR) is 75.0 cm³/mol. The second kappa shape index (κ2) is 7.23. The first-order valence-corrected chi connectivity index (χ1v) is 8.06. The third kappa shape index (κ3) is 3.92. The van der Waals surface area contributed by atoms with Crippen LogP contribution in [0.15, 0.2) is 4.52 Å². The van der Waals surface area contributed by atoms with E-state index in [1.807, 2.05) is 0 Å². The van der Waals surface area contributed by atoms with Crippen molar-refractivity contribution in [1.29, 1.82) is 0 Å². The summed E-state index contributed by atoms with van der Waals surface area (Å²) in [6.07, 6.45) is 2.80. The van der Waals surface area contributed by atoms with Crippen molar-refractivity contribution in [3.8, 4) is 0 Å². The van der Waals surface area contributed by atoms with E-state index < -0.39 is 0 Å². The first kappa shape index (κ1) is 14.8. The van der Waals surface area contributed by atoms with Crippen molar-refractivity contribution in [2.45, 2.75) is 25.5 Å². The molecule has 1 saturated heterocycles. The van der Waals surface area contributed by atoms with Crippen LogP contribution in [0.3, 0.4) is 0 Å². The van der Waals surface area contributed by atoms with Gasteiger partial charge in [-0.1, -0.05) is 12.1 Å². The standard InChI is InChI=1S/C12H22N4O2S/c1-3-16-5-6-17-10(8-16)11-14-12(18-15-11)9(13)4-7-19-2/h9-10H,3-8,13H2,1-2H3/t9-,10?/m0/s1. The first-order chi connectivity index (χ1) is 9.24. The summed E-state index contributed by atoms with van der Waals surface area (Å²) in [7, 11) is 0. The molecule has 7 heteroatoms. The molecular formula is C12H22N4O2S. The number of likely N-dealkylation sites (N-methyl/N-ethyl adjacent to an activating group) is 1. The van der Waals surface area contributed by atoms with Gasteiger partial charge in [-0.3, -0.25) is 4.90 Å². The van der Waals surface area contributed by atoms with Crippen molar-refractivity contribution >= 4 is 11.8 Å². The highest BCUT2D eigenvalue weighted by atomic mass is 32.2. The van der Waals surface area contributed by atoms with Crippen molar-refractivity contribution in [1.82, 2.24) is 15.0 Å². The van der Waals surface area contributed by atoms with E-state index in [1.165, 1.54) is 0 Å². The summed E-state index contributed by atoms with van der Waals surface area (Å²) in [4.78, 5) is 6.71. The minimum atomic E-state index is -0.181. The topological polar surface area (TPSA) is 77.4 Å². The summed E-state index contributed by atoms with van der Waals surface area (Å²) in [5.74, 6) is 2.12. The number of nitrogens with zero attached hydrogens (tertiary/aromatic N) is 3. The van der Waals surface area contributed by atoms with Gasteiger partial charge in [0.25, 0.3) is 0 Å². The second-order valence-corrected chi connectivity index (χ2v) is 5.62. The number of hydrogen-bond acceptors (Lipinski definition) is 7. The molecule has 1 aliphatic heterocycles. The Morgan fingerprint density at radius 3 is 3.16 bits per heavy atom. The van der Waals surface area contributed by atoms with Gasteiger partial charge in [0, 0.05) is 13.1 Å². The fraction of sp³-hybridized carbons (Fsp3) is 0.833. The van der Waals surface area contributed by atoms with Crippen molar-refractivity contribution in [2.75, 3.05) is 38.2 Å². The molecule has 0 radical (unpaired) electrons. The normalized spacial score (nSPS) is 22.6. The Labute approximate surface area is 118 Å². The number of nitrogens with two attached hydrogens (primary N) is 1. The number of aromatic nitrogens is 2. The zero-order chi connectivity index (χ0) is 13.7. The monoisotopic (exact) mass is 286 g/mol. The Balaban J connectivity index is 1.96. The van der Waals surface area contributed by atoms with Gasteiger partial charge in [-0.05, 0) is 25.0 Å². The van der Waals surface area contributed by atoms with Gasteiger partial charge in [0.15, 0.2) is 0 Å². The number of rotatable bonds is 6. The summed E-state index contributed by atoms with van der Waals surface area (Å²) < 4.78 is 11.0. The van der Waals surface area contributed by atoms with Crippen LogP contribution in [-0.4, -0.2) is 53.3 Å². The van der Waals surface area contributed by atoms with E-state index in [-0.39, 0.29) is 12.1 Å². The molecule has 6 nitrogen and oxygen atoms in total. The molecule has 1 unspecified atom stereocenters. The maximum Gasteiger partial charge on any atom is 0.243 e. The van der Waals surface area contributed by atoms with Crippen molar-refractivity contribution in [3.63, 3.8) is 0 Å². The molecule has 1 fully saturated rings. The molecule has 2 heterocycles. The minimum absolute atomic E-state index is 0.0982. The van der Waals surface area contributed by atoms with Gasteiger partial charge in [-0.15, -0.1) is 0 Å². The number of morpholine rings is 1. The van der Waals surface area contributed by atoms with E-state index in [1.54, 1.807) is 11.8 Å². The molecule has 19 heavy (non-hydrogen) atoms. The molecule has 0 bridgehead atoms. The number of hydrogen-bond donors (Lipinski definition) is 1. The Morgan fingerprint density at radius 2 is 2.42 bits per heavy atom. The molecule has 0 spiro atoms. The van der Waals surface area contributed by atoms with Crippen molar-refractivity contribution in [2.24, 2.45) is 5.73 Å². The van der Waals surface area contributed by atoms with Crippen LogP contribution in [0.5, 0.6) is 0 Å². The molecule has 1 aromatic rings. The van der Waals surface area contributed by atoms with E-state index in [4.69, 9.17) is 15.0 Å². The predicted octanol–water partition coefficient (Wildman–Crippen LogP) is 1.22. The third-order valence-corrected chi connectivity index (χ3v) is 3.94. The van der Waals surface area contributed by atoms with Crippen LogP contribution in [0.2, 0.25) is 0 Å². The molecule has 0 amide bonds. The maximum atomic E-state index is 6.02. The lowest BCUT2D eigenvalue weighted by atomic mass is 10.2. The molecule has 2 N–H and O–H groups in total. The molecule has 2 rings (SSSR count). The molecule has 0 aliphatic carbocycles. The van der Waals surface area contributed by atoms with Crippen LogP contribution in [0.4, 0.5) is 0 Å². The Bertz CT molecular complexity index is 388. The van der Waals surface area contributed by atoms with Gasteiger partial charge in [-0.2, -0.15) is 16.7 Å². The second-order valence-electron chi connectivity index (χ2n) is 4.63. The smallest absolute Gasteiger partial charge is 0.243 e. The Morgan fingerprint density at radius 1 is 1.58 bits per heavy atom. The molecule has 2 atom stereocenters. The molecule has 0 saturated carbocycles. The van der Waals surface area contributed by atoms with Crippen LogP contribution < -0.4 is 5.73 Å². The van der Waals surface area contributed by atoms with Crippen LogP contribution in [0.25, 0.3) is 0 Å². The van der Waals surface area contributed by atoms with Crippen molar-refractivity contribution in [3.05, 3.63) is 11.7 Å². The number of thioether (sulfide) groups is 1. The van der Waals surface area contributed by atoms with Crippen molar-refractivity contribution < 1.29 is 9.26 Å². The average Bonchev–Trinajstić information content (AvgIpc) is 2.94. The van der Waals surface area contributed by atoms with E-state index in [9.17, 15) is 0 Å². The Hall–Kier alpha value is -0.630. The zero-order valence-corrected chi connectivity index (χ0v) is 12.4. The van der Waals surface area contributed by atoms with E-state index in [2.05, 4.69) is 28.2 Å². The maximum absolute atomic E-state index is 6.02. The Kier molecular flexibility index (Phi) is 5.62. The lowest BCUT2D eigenvalue weighted by molar-refractivity contribution is -0.0334. The highest BCUT2D eigenvalue weighted by Crippen LogP contribution is 2.22. The molecule has 0 aromatic carbocycles. The van der Waals surface area contributed by atoms with E-state index in [0.717, 1.165) is 31.8 Å². The first-order valence-electron chi connectivity index (χ1n) is 6.66. The van der Waals surface area contributed by atoms with E-state index in [0.29, 0.717) is 18.3 Å². The lowest BCUT2D eigenvalue weighted by Gasteiger charge is -2.30. The van der Waals surface area contributed by atoms with Crippen LogP contribution >= 0.6 is 11.8 Å². The highest BCUT2D eigenvalue weighted by molar-refractivity contribution is 7.98. The van der Waals surface area contributed by atoms with Gasteiger partial charge in [-0.25, -0.2) is 0 Å². The fourth-order valence-electron chi connectivity index (χ4n) is 2.04. The third-order valence-electron chi connectivity index (χ3n) is 3.29. The van der Waals surface area contributed by atoms with Crippen LogP contribution in [0, 0.1) is 0 Å². The van der Waals surface area contributed by atoms with E-state index >= 15 is 0 Å². The summed E-state index contributed by atoms with van der Waals surface area (Å²) in [5.41, 5.74) is 6.02. The largest absolute Gasteiger partial charge is 0.367 e. The fourth-order valence-corrected chi connectivity index (χ4v) is 2.53. The quantitative estimate of drug-likeness (QED) is 0.842. The van der Waals surface area contributed by atoms with Gasteiger partial charge in [0.05, 0.1) is 12.6 Å². The average molecular weight is 286 g/mol. The summed E-state index contributed by atoms with van der Waals surface area (Å²) >= 11 is 1.76. The van der Waals surface area contributed by atoms with Gasteiger partial charge < -0.3 is 15.0 Å². The molecule has 1 aromatic heterocycles. The summed E-state index contributed by atoms with van der Waals surface area (Å²) in [6, 6.07) is -0.181. The van der Waals surface area contributed by atoms with Gasteiger partial charge in [0.1, 0.15) is 6.10 Å². The summed E-state index contributed by atoms with van der Waals surface area (Å²) in [6.45, 7) is 5.64. The number of ether oxygens (including phenoxy) is 1. The highest BCUT2D eigenvalue weighted by Gasteiger charge is 2.26. The zero-order valence-electron chi connectivity index (χ0n) is 11.5. The summed E-state index contributed by atoms with van der Waals surface area (Å²) in [5, 5.41) is 4.01. The van der Waals surface area contributed by atoms with Gasteiger partial charge >= 0.3 is 0 Å². The molecule has 108 valence electrons. The molecule has 1 aliphatic rings. The minimum Gasteiger partial charge on any atom is -0.367 e. The lowest BCUT2D eigenvalue weighted by Crippen LogP contribution is -2.38. The molecular weight excluding hydrogens is 264 g/mol. The van der Waals surface area contributed by atoms with Crippen LogP contribution in [-0.2, 0) is 4.74 Å². The SMILES string of the molecule is CCN1CCOC(c2noc([C@@H](N)CCSC)n2)C1. The van der Waals surface area contributed by atoms with Crippen LogP contribution in [0.1, 0.15) is 37.2 Å². The van der Waals surface area contributed by atoms with Gasteiger partial charge in [0.2, 0.25) is 11.7 Å².